The largest absolute Gasteiger partial charge is 0.381 e. The lowest BCUT2D eigenvalue weighted by molar-refractivity contribution is -0.385. The van der Waals surface area contributed by atoms with Crippen molar-refractivity contribution in [3.05, 3.63) is 63.7 Å². The highest BCUT2D eigenvalue weighted by molar-refractivity contribution is 5.82. The summed E-state index contributed by atoms with van der Waals surface area (Å²) in [5, 5.41) is 12.0. The molecule has 6 nitrogen and oxygen atoms in total. The first kappa shape index (κ1) is 16.7. The summed E-state index contributed by atoms with van der Waals surface area (Å²) in [5.41, 5.74) is 2.85. The maximum atomic E-state index is 13.4. The number of benzene rings is 1. The van der Waals surface area contributed by atoms with Gasteiger partial charge in [0.25, 0.3) is 5.69 Å². The molecule has 0 unspecified atom stereocenters. The highest BCUT2D eigenvalue weighted by Crippen LogP contribution is 2.35. The zero-order valence-electron chi connectivity index (χ0n) is 14.3. The second-order valence-corrected chi connectivity index (χ2v) is 6.53. The number of nitro groups is 1. The van der Waals surface area contributed by atoms with Crippen molar-refractivity contribution in [3.8, 4) is 5.69 Å². The normalized spacial score (nSPS) is 15.5. The van der Waals surface area contributed by atoms with Crippen molar-refractivity contribution in [1.82, 2.24) is 9.55 Å². The van der Waals surface area contributed by atoms with Crippen molar-refractivity contribution in [2.45, 2.75) is 25.7 Å². The average molecular weight is 355 g/mol. The fraction of sp³-hybridized carbons (Fsp3) is 0.316. The summed E-state index contributed by atoms with van der Waals surface area (Å²) in [7, 11) is 0. The standard InChI is InChI=1S/C19H18FN3O3/c1-12-17(23(24)25)10-14-11-18(13-6-8-26-9-7-13)22(19(14)21-12)16-4-2-15(20)3-5-16/h2-5,10-11,13H,6-9H2,1H3. The van der Waals surface area contributed by atoms with Crippen LogP contribution in [0.2, 0.25) is 0 Å². The fourth-order valence-electron chi connectivity index (χ4n) is 3.57. The molecule has 0 aliphatic carbocycles. The van der Waals surface area contributed by atoms with Crippen LogP contribution in [0.3, 0.4) is 0 Å². The van der Waals surface area contributed by atoms with E-state index in [0.29, 0.717) is 29.9 Å². The molecule has 1 fully saturated rings. The van der Waals surface area contributed by atoms with Gasteiger partial charge in [0, 0.05) is 42.0 Å². The number of nitrogens with zero attached hydrogens (tertiary/aromatic N) is 3. The van der Waals surface area contributed by atoms with Gasteiger partial charge in [-0.1, -0.05) is 0 Å². The Hall–Kier alpha value is -2.80. The van der Waals surface area contributed by atoms with Gasteiger partial charge in [-0.3, -0.25) is 14.7 Å². The van der Waals surface area contributed by atoms with Crippen LogP contribution in [0.15, 0.2) is 36.4 Å². The van der Waals surface area contributed by atoms with Crippen LogP contribution in [-0.2, 0) is 4.74 Å². The van der Waals surface area contributed by atoms with Gasteiger partial charge >= 0.3 is 0 Å². The van der Waals surface area contributed by atoms with E-state index in [4.69, 9.17) is 4.74 Å². The highest BCUT2D eigenvalue weighted by Gasteiger charge is 2.24. The Balaban J connectivity index is 1.96. The van der Waals surface area contributed by atoms with Crippen LogP contribution in [-0.4, -0.2) is 27.7 Å². The number of hydrogen-bond donors (Lipinski definition) is 0. The van der Waals surface area contributed by atoms with E-state index >= 15 is 0 Å². The molecule has 26 heavy (non-hydrogen) atoms. The molecule has 0 amide bonds. The third kappa shape index (κ3) is 2.84. The minimum atomic E-state index is -0.412. The molecular formula is C19H18FN3O3. The Morgan fingerprint density at radius 3 is 2.58 bits per heavy atom. The predicted molar refractivity (Wildman–Crippen MR) is 95.2 cm³/mol. The Labute approximate surface area is 149 Å². The van der Waals surface area contributed by atoms with E-state index in [1.165, 1.54) is 12.1 Å². The van der Waals surface area contributed by atoms with Crippen LogP contribution >= 0.6 is 0 Å². The first-order valence-electron chi connectivity index (χ1n) is 8.55. The van der Waals surface area contributed by atoms with Gasteiger partial charge in [0.2, 0.25) is 0 Å². The van der Waals surface area contributed by atoms with E-state index in [-0.39, 0.29) is 17.4 Å². The van der Waals surface area contributed by atoms with Crippen molar-refractivity contribution >= 4 is 16.7 Å². The van der Waals surface area contributed by atoms with E-state index in [1.807, 2.05) is 10.6 Å². The Kier molecular flexibility index (Phi) is 4.16. The number of hydrogen-bond acceptors (Lipinski definition) is 4. The van der Waals surface area contributed by atoms with Crippen LogP contribution < -0.4 is 0 Å². The molecule has 0 N–H and O–H groups in total. The third-order valence-corrected chi connectivity index (χ3v) is 4.89. The van der Waals surface area contributed by atoms with E-state index in [2.05, 4.69) is 4.98 Å². The molecule has 1 aromatic carbocycles. The lowest BCUT2D eigenvalue weighted by Crippen LogP contribution is -2.17. The van der Waals surface area contributed by atoms with Crippen LogP contribution in [0, 0.1) is 22.9 Å². The summed E-state index contributed by atoms with van der Waals surface area (Å²) in [5.74, 6) is -0.0417. The maximum Gasteiger partial charge on any atom is 0.291 e. The Bertz CT molecular complexity index is 976. The van der Waals surface area contributed by atoms with Crippen molar-refractivity contribution in [3.63, 3.8) is 0 Å². The molecule has 1 aliphatic heterocycles. The molecule has 2 aromatic heterocycles. The number of halogens is 1. The smallest absolute Gasteiger partial charge is 0.291 e. The zero-order chi connectivity index (χ0) is 18.3. The highest BCUT2D eigenvalue weighted by atomic mass is 19.1. The van der Waals surface area contributed by atoms with Gasteiger partial charge in [-0.2, -0.15) is 0 Å². The number of ether oxygens (including phenoxy) is 1. The predicted octanol–water partition coefficient (Wildman–Crippen LogP) is 4.28. The number of aryl methyl sites for hydroxylation is 1. The quantitative estimate of drug-likeness (QED) is 0.519. The lowest BCUT2D eigenvalue weighted by Gasteiger charge is -2.24. The summed E-state index contributed by atoms with van der Waals surface area (Å²) in [6.45, 7) is 3.00. The average Bonchev–Trinajstić information content (AvgIpc) is 3.00. The minimum absolute atomic E-state index is 0.00674. The van der Waals surface area contributed by atoms with Crippen LogP contribution in [0.25, 0.3) is 16.7 Å². The second kappa shape index (κ2) is 6.49. The molecule has 0 spiro atoms. The van der Waals surface area contributed by atoms with Gasteiger partial charge in [-0.15, -0.1) is 0 Å². The van der Waals surface area contributed by atoms with Gasteiger partial charge in [0.1, 0.15) is 17.2 Å². The summed E-state index contributed by atoms with van der Waals surface area (Å²) < 4.78 is 20.8. The van der Waals surface area contributed by atoms with Crippen molar-refractivity contribution in [1.29, 1.82) is 0 Å². The molecular weight excluding hydrogens is 337 g/mol. The van der Waals surface area contributed by atoms with Gasteiger partial charge in [-0.05, 0) is 50.1 Å². The molecule has 134 valence electrons. The van der Waals surface area contributed by atoms with Gasteiger partial charge in [0.15, 0.2) is 0 Å². The number of pyridine rings is 1. The third-order valence-electron chi connectivity index (χ3n) is 4.89. The van der Waals surface area contributed by atoms with E-state index in [1.54, 1.807) is 25.1 Å². The monoisotopic (exact) mass is 355 g/mol. The van der Waals surface area contributed by atoms with E-state index < -0.39 is 4.92 Å². The molecule has 3 aromatic rings. The van der Waals surface area contributed by atoms with Gasteiger partial charge < -0.3 is 4.74 Å². The van der Waals surface area contributed by atoms with Gasteiger partial charge in [0.05, 0.1) is 4.92 Å². The van der Waals surface area contributed by atoms with Crippen LogP contribution in [0.1, 0.15) is 30.1 Å². The number of aromatic nitrogens is 2. The SMILES string of the molecule is Cc1nc2c(cc1[N+](=O)[O-])cc(C1CCOCC1)n2-c1ccc(F)cc1. The van der Waals surface area contributed by atoms with Crippen LogP contribution in [0.5, 0.6) is 0 Å². The van der Waals surface area contributed by atoms with Crippen molar-refractivity contribution in [2.24, 2.45) is 0 Å². The van der Waals surface area contributed by atoms with Gasteiger partial charge in [-0.25, -0.2) is 9.37 Å². The van der Waals surface area contributed by atoms with Crippen LogP contribution in [0.4, 0.5) is 10.1 Å². The molecule has 0 saturated carbocycles. The maximum absolute atomic E-state index is 13.4. The first-order valence-corrected chi connectivity index (χ1v) is 8.55. The molecule has 7 heteroatoms. The minimum Gasteiger partial charge on any atom is -0.381 e. The molecule has 0 radical (unpaired) electrons. The Morgan fingerprint density at radius 1 is 1.23 bits per heavy atom. The Morgan fingerprint density at radius 2 is 1.92 bits per heavy atom. The van der Waals surface area contributed by atoms with E-state index in [9.17, 15) is 14.5 Å². The number of rotatable bonds is 3. The fourth-order valence-corrected chi connectivity index (χ4v) is 3.57. The molecule has 0 atom stereocenters. The summed E-state index contributed by atoms with van der Waals surface area (Å²) in [6, 6.07) is 9.76. The van der Waals surface area contributed by atoms with Crippen molar-refractivity contribution in [2.75, 3.05) is 13.2 Å². The summed E-state index contributed by atoms with van der Waals surface area (Å²) >= 11 is 0. The summed E-state index contributed by atoms with van der Waals surface area (Å²) in [4.78, 5) is 15.4. The lowest BCUT2D eigenvalue weighted by atomic mass is 9.96. The molecule has 1 aliphatic rings. The second-order valence-electron chi connectivity index (χ2n) is 6.53. The number of fused-ring (bicyclic) bond motifs is 1. The molecule has 3 heterocycles. The topological polar surface area (TPSA) is 70.2 Å². The first-order chi connectivity index (χ1) is 12.5. The zero-order valence-corrected chi connectivity index (χ0v) is 14.3. The molecule has 4 rings (SSSR count). The van der Waals surface area contributed by atoms with Crippen molar-refractivity contribution < 1.29 is 14.1 Å². The molecule has 0 bridgehead atoms. The molecule has 1 saturated heterocycles. The summed E-state index contributed by atoms with van der Waals surface area (Å²) in [6.07, 6.45) is 1.75. The van der Waals surface area contributed by atoms with E-state index in [0.717, 1.165) is 24.2 Å².